The molecule has 2 N–H and O–H groups in total. The molecule has 32 heavy (non-hydrogen) atoms. The topological polar surface area (TPSA) is 62.2 Å². The number of nitrogens with zero attached hydrogens (tertiary/aromatic N) is 1. The van der Waals surface area contributed by atoms with E-state index >= 15 is 0 Å². The molecule has 0 spiro atoms. The Labute approximate surface area is 182 Å². The van der Waals surface area contributed by atoms with Crippen LogP contribution in [-0.4, -0.2) is 27.5 Å². The maximum Gasteiger partial charge on any atom is 0.417 e. The summed E-state index contributed by atoms with van der Waals surface area (Å²) in [5.41, 5.74) is -4.94. The number of aromatic nitrogens is 1. The van der Waals surface area contributed by atoms with Crippen molar-refractivity contribution < 1.29 is 40.6 Å². The molecule has 4 nitrogen and oxygen atoms in total. The standard InChI is InChI=1S/C20H16ClF7N2O2/c21-13-11(20(26,27)28)4-9-29-15(13)17(31)30-16(10-2-1-3-12(22)14(10)23)18(32)5-7-19(24,25)8-6-18/h1-4,9,16,32H,5-8H2,(H,30,31). The first-order chi connectivity index (χ1) is 14.8. The second-order valence-electron chi connectivity index (χ2n) is 7.53. The summed E-state index contributed by atoms with van der Waals surface area (Å²) in [6.07, 6.45) is -7.01. The van der Waals surface area contributed by atoms with Crippen molar-refractivity contribution in [3.8, 4) is 0 Å². The van der Waals surface area contributed by atoms with Crippen molar-refractivity contribution in [2.24, 2.45) is 0 Å². The van der Waals surface area contributed by atoms with Gasteiger partial charge in [0, 0.05) is 24.6 Å². The van der Waals surface area contributed by atoms with Crippen molar-refractivity contribution in [2.45, 2.75) is 49.4 Å². The van der Waals surface area contributed by atoms with Gasteiger partial charge in [0.05, 0.1) is 22.2 Å². The van der Waals surface area contributed by atoms with Gasteiger partial charge < -0.3 is 10.4 Å². The lowest BCUT2D eigenvalue weighted by molar-refractivity contribution is -0.137. The molecule has 1 saturated carbocycles. The van der Waals surface area contributed by atoms with Crippen molar-refractivity contribution in [3.05, 3.63) is 63.9 Å². The summed E-state index contributed by atoms with van der Waals surface area (Å²) in [5.74, 6) is -7.22. The number of alkyl halides is 5. The number of hydrogen-bond acceptors (Lipinski definition) is 3. The molecule has 1 aromatic carbocycles. The zero-order valence-corrected chi connectivity index (χ0v) is 16.9. The van der Waals surface area contributed by atoms with Gasteiger partial charge in [-0.1, -0.05) is 23.7 Å². The minimum Gasteiger partial charge on any atom is -0.387 e. The SMILES string of the molecule is O=C(NC(c1cccc(F)c1F)C1(O)CCC(F)(F)CC1)c1nccc(C(F)(F)F)c1Cl. The molecule has 3 rings (SSSR count). The van der Waals surface area contributed by atoms with Gasteiger partial charge in [-0.05, 0) is 25.0 Å². The van der Waals surface area contributed by atoms with Crippen LogP contribution in [0.1, 0.15) is 53.3 Å². The summed E-state index contributed by atoms with van der Waals surface area (Å²) in [7, 11) is 0. The third-order valence-electron chi connectivity index (χ3n) is 5.36. The number of rotatable bonds is 4. The summed E-state index contributed by atoms with van der Waals surface area (Å²) in [4.78, 5) is 16.3. The van der Waals surface area contributed by atoms with Crippen molar-refractivity contribution in [1.82, 2.24) is 10.3 Å². The number of halogens is 8. The van der Waals surface area contributed by atoms with Crippen LogP contribution in [-0.2, 0) is 6.18 Å². The first kappa shape index (κ1) is 24.2. The van der Waals surface area contributed by atoms with Crippen LogP contribution in [0, 0.1) is 11.6 Å². The number of benzene rings is 1. The molecule has 1 aliphatic carbocycles. The fourth-order valence-electron chi connectivity index (χ4n) is 3.60. The van der Waals surface area contributed by atoms with Gasteiger partial charge in [-0.25, -0.2) is 22.5 Å². The number of amides is 1. The van der Waals surface area contributed by atoms with Gasteiger partial charge in [-0.15, -0.1) is 0 Å². The Morgan fingerprint density at radius 2 is 1.75 bits per heavy atom. The highest BCUT2D eigenvalue weighted by molar-refractivity contribution is 6.34. The van der Waals surface area contributed by atoms with E-state index in [9.17, 15) is 40.6 Å². The lowest BCUT2D eigenvalue weighted by Gasteiger charge is -2.42. The van der Waals surface area contributed by atoms with Crippen LogP contribution in [0.15, 0.2) is 30.5 Å². The fraction of sp³-hybridized carbons (Fsp3) is 0.400. The largest absolute Gasteiger partial charge is 0.417 e. The Morgan fingerprint density at radius 3 is 2.34 bits per heavy atom. The zero-order chi connectivity index (χ0) is 23.9. The Balaban J connectivity index is 2.02. The van der Waals surface area contributed by atoms with E-state index in [0.717, 1.165) is 18.2 Å². The first-order valence-corrected chi connectivity index (χ1v) is 9.70. The maximum atomic E-state index is 14.5. The van der Waals surface area contributed by atoms with Gasteiger partial charge >= 0.3 is 6.18 Å². The number of hydrogen-bond donors (Lipinski definition) is 2. The van der Waals surface area contributed by atoms with E-state index < -0.39 is 88.8 Å². The number of pyridine rings is 1. The molecular formula is C20H16ClF7N2O2. The van der Waals surface area contributed by atoms with E-state index in [1.54, 1.807) is 0 Å². The molecule has 0 saturated heterocycles. The fourth-order valence-corrected chi connectivity index (χ4v) is 3.91. The first-order valence-electron chi connectivity index (χ1n) is 9.32. The lowest BCUT2D eigenvalue weighted by atomic mass is 9.75. The molecule has 1 aliphatic rings. The quantitative estimate of drug-likeness (QED) is 0.568. The van der Waals surface area contributed by atoms with E-state index in [1.165, 1.54) is 0 Å². The molecule has 0 radical (unpaired) electrons. The molecule has 0 bridgehead atoms. The molecule has 1 unspecified atom stereocenters. The Kier molecular flexibility index (Phi) is 6.45. The smallest absolute Gasteiger partial charge is 0.387 e. The summed E-state index contributed by atoms with van der Waals surface area (Å²) in [6, 6.07) is 1.63. The van der Waals surface area contributed by atoms with E-state index in [4.69, 9.17) is 11.6 Å². The van der Waals surface area contributed by atoms with Gasteiger partial charge in [0.15, 0.2) is 11.6 Å². The monoisotopic (exact) mass is 484 g/mol. The van der Waals surface area contributed by atoms with Crippen LogP contribution >= 0.6 is 11.6 Å². The van der Waals surface area contributed by atoms with Crippen LogP contribution in [0.2, 0.25) is 5.02 Å². The van der Waals surface area contributed by atoms with Crippen LogP contribution in [0.25, 0.3) is 0 Å². The normalized spacial score (nSPS) is 18.8. The number of carbonyl (C=O) groups excluding carboxylic acids is 1. The molecule has 2 aromatic rings. The summed E-state index contributed by atoms with van der Waals surface area (Å²) < 4.78 is 94.9. The third-order valence-corrected chi connectivity index (χ3v) is 5.74. The van der Waals surface area contributed by atoms with Crippen molar-refractivity contribution in [2.75, 3.05) is 0 Å². The maximum absolute atomic E-state index is 14.5. The van der Waals surface area contributed by atoms with Crippen LogP contribution in [0.4, 0.5) is 30.7 Å². The summed E-state index contributed by atoms with van der Waals surface area (Å²) >= 11 is 5.69. The van der Waals surface area contributed by atoms with Crippen LogP contribution in [0.5, 0.6) is 0 Å². The molecule has 0 aliphatic heterocycles. The van der Waals surface area contributed by atoms with Gasteiger partial charge in [0.1, 0.15) is 5.69 Å². The molecule has 1 fully saturated rings. The summed E-state index contributed by atoms with van der Waals surface area (Å²) in [6.45, 7) is 0. The molecule has 1 aromatic heterocycles. The van der Waals surface area contributed by atoms with Gasteiger partial charge in [0.2, 0.25) is 5.92 Å². The minimum absolute atomic E-state index is 0.541. The predicted molar refractivity (Wildman–Crippen MR) is 99.2 cm³/mol. The summed E-state index contributed by atoms with van der Waals surface area (Å²) in [5, 5.41) is 12.1. The van der Waals surface area contributed by atoms with E-state index in [0.29, 0.717) is 12.3 Å². The Morgan fingerprint density at radius 1 is 1.12 bits per heavy atom. The molecule has 174 valence electrons. The zero-order valence-electron chi connectivity index (χ0n) is 16.1. The second kappa shape index (κ2) is 8.51. The number of nitrogens with one attached hydrogen (secondary N) is 1. The second-order valence-corrected chi connectivity index (χ2v) is 7.91. The van der Waals surface area contributed by atoms with E-state index in [2.05, 4.69) is 10.3 Å². The van der Waals surface area contributed by atoms with Crippen molar-refractivity contribution in [1.29, 1.82) is 0 Å². The van der Waals surface area contributed by atoms with Gasteiger partial charge in [0.25, 0.3) is 5.91 Å². The molecule has 1 heterocycles. The van der Waals surface area contributed by atoms with Crippen molar-refractivity contribution >= 4 is 17.5 Å². The Hall–Kier alpha value is -2.40. The number of aliphatic hydroxyl groups is 1. The highest BCUT2D eigenvalue weighted by Gasteiger charge is 2.48. The molecule has 1 atom stereocenters. The van der Waals surface area contributed by atoms with Gasteiger partial charge in [-0.2, -0.15) is 13.2 Å². The third kappa shape index (κ3) is 4.83. The lowest BCUT2D eigenvalue weighted by Crippen LogP contribution is -2.50. The Bertz CT molecular complexity index is 1020. The predicted octanol–water partition coefficient (Wildman–Crippen LogP) is 5.44. The van der Waals surface area contributed by atoms with Crippen LogP contribution < -0.4 is 5.32 Å². The minimum atomic E-state index is -4.91. The van der Waals surface area contributed by atoms with E-state index in [-0.39, 0.29) is 0 Å². The molecule has 12 heteroatoms. The molecular weight excluding hydrogens is 469 g/mol. The van der Waals surface area contributed by atoms with E-state index in [1.807, 2.05) is 0 Å². The number of carbonyl (C=O) groups is 1. The highest BCUT2D eigenvalue weighted by Crippen LogP contribution is 2.45. The van der Waals surface area contributed by atoms with Crippen molar-refractivity contribution in [3.63, 3.8) is 0 Å². The average Bonchev–Trinajstić information content (AvgIpc) is 2.70. The van der Waals surface area contributed by atoms with Crippen LogP contribution in [0.3, 0.4) is 0 Å². The molecule has 1 amide bonds. The average molecular weight is 485 g/mol. The van der Waals surface area contributed by atoms with Gasteiger partial charge in [-0.3, -0.25) is 4.79 Å². The highest BCUT2D eigenvalue weighted by atomic mass is 35.5.